The zero-order valence-electron chi connectivity index (χ0n) is 13.0. The number of carbonyl (C=O) groups excluding carboxylic acids is 1. The van der Waals surface area contributed by atoms with Crippen LogP contribution in [0.3, 0.4) is 0 Å². The van der Waals surface area contributed by atoms with Crippen LogP contribution in [0, 0.1) is 13.8 Å². The van der Waals surface area contributed by atoms with Gasteiger partial charge in [0.1, 0.15) is 5.75 Å². The molecule has 1 atom stereocenters. The van der Waals surface area contributed by atoms with E-state index >= 15 is 0 Å². The third-order valence-electron chi connectivity index (χ3n) is 3.42. The SMILES string of the molecule is CC[C@@H](Oc1ccc(C)cc1)C(=O)Nc1cc(Cl)ccc1C. The molecule has 116 valence electrons. The molecule has 0 saturated carbocycles. The molecule has 22 heavy (non-hydrogen) atoms. The highest BCUT2D eigenvalue weighted by atomic mass is 35.5. The molecule has 0 saturated heterocycles. The Labute approximate surface area is 136 Å². The number of hydrogen-bond acceptors (Lipinski definition) is 2. The van der Waals surface area contributed by atoms with Crippen LogP contribution < -0.4 is 10.1 Å². The molecule has 0 aliphatic carbocycles. The molecule has 0 heterocycles. The van der Waals surface area contributed by atoms with Gasteiger partial charge in [-0.2, -0.15) is 0 Å². The van der Waals surface area contributed by atoms with E-state index in [0.29, 0.717) is 22.9 Å². The maximum Gasteiger partial charge on any atom is 0.265 e. The van der Waals surface area contributed by atoms with E-state index in [1.807, 2.05) is 51.1 Å². The van der Waals surface area contributed by atoms with Crippen molar-refractivity contribution in [2.24, 2.45) is 0 Å². The highest BCUT2D eigenvalue weighted by Crippen LogP contribution is 2.21. The van der Waals surface area contributed by atoms with E-state index in [4.69, 9.17) is 16.3 Å². The van der Waals surface area contributed by atoms with Gasteiger partial charge < -0.3 is 10.1 Å². The molecule has 0 bridgehead atoms. The third kappa shape index (κ3) is 4.25. The first-order valence-corrected chi connectivity index (χ1v) is 7.67. The zero-order valence-corrected chi connectivity index (χ0v) is 13.8. The Morgan fingerprint density at radius 3 is 2.50 bits per heavy atom. The lowest BCUT2D eigenvalue weighted by Crippen LogP contribution is -2.32. The molecule has 3 nitrogen and oxygen atoms in total. The number of aryl methyl sites for hydroxylation is 2. The van der Waals surface area contributed by atoms with E-state index in [1.54, 1.807) is 12.1 Å². The van der Waals surface area contributed by atoms with Gasteiger partial charge in [0.05, 0.1) is 0 Å². The van der Waals surface area contributed by atoms with E-state index in [-0.39, 0.29) is 5.91 Å². The first kappa shape index (κ1) is 16.4. The molecule has 0 fully saturated rings. The second-order valence-corrected chi connectivity index (χ2v) is 5.71. The van der Waals surface area contributed by atoms with E-state index in [9.17, 15) is 4.79 Å². The lowest BCUT2D eigenvalue weighted by molar-refractivity contribution is -0.122. The molecule has 0 spiro atoms. The zero-order chi connectivity index (χ0) is 16.1. The van der Waals surface area contributed by atoms with Gasteiger partial charge in [0.2, 0.25) is 0 Å². The topological polar surface area (TPSA) is 38.3 Å². The first-order valence-electron chi connectivity index (χ1n) is 7.30. The van der Waals surface area contributed by atoms with Gasteiger partial charge in [0.25, 0.3) is 5.91 Å². The summed E-state index contributed by atoms with van der Waals surface area (Å²) in [6, 6.07) is 13.1. The van der Waals surface area contributed by atoms with Crippen LogP contribution in [0.5, 0.6) is 5.75 Å². The summed E-state index contributed by atoms with van der Waals surface area (Å²) in [5.74, 6) is 0.517. The molecule has 0 aromatic heterocycles. The fraction of sp³-hybridized carbons (Fsp3) is 0.278. The van der Waals surface area contributed by atoms with Gasteiger partial charge in [-0.05, 0) is 50.1 Å². The molecule has 2 aromatic rings. The van der Waals surface area contributed by atoms with Crippen molar-refractivity contribution in [3.8, 4) is 5.75 Å². The number of amides is 1. The van der Waals surface area contributed by atoms with Gasteiger partial charge in [-0.1, -0.05) is 42.3 Å². The van der Waals surface area contributed by atoms with Crippen LogP contribution in [0.1, 0.15) is 24.5 Å². The monoisotopic (exact) mass is 317 g/mol. The summed E-state index contributed by atoms with van der Waals surface area (Å²) < 4.78 is 5.78. The van der Waals surface area contributed by atoms with Crippen molar-refractivity contribution in [2.45, 2.75) is 33.3 Å². The van der Waals surface area contributed by atoms with Gasteiger partial charge in [-0.25, -0.2) is 0 Å². The van der Waals surface area contributed by atoms with Gasteiger partial charge in [-0.15, -0.1) is 0 Å². The average Bonchev–Trinajstić information content (AvgIpc) is 2.50. The molecular formula is C18H20ClNO2. The van der Waals surface area contributed by atoms with E-state index in [1.165, 1.54) is 0 Å². The van der Waals surface area contributed by atoms with Crippen molar-refractivity contribution in [1.29, 1.82) is 0 Å². The fourth-order valence-electron chi connectivity index (χ4n) is 2.05. The third-order valence-corrected chi connectivity index (χ3v) is 3.66. The van der Waals surface area contributed by atoms with E-state index in [0.717, 1.165) is 11.1 Å². The Balaban J connectivity index is 2.08. The average molecular weight is 318 g/mol. The van der Waals surface area contributed by atoms with Crippen molar-refractivity contribution in [1.82, 2.24) is 0 Å². The van der Waals surface area contributed by atoms with Crippen LogP contribution >= 0.6 is 11.6 Å². The fourth-order valence-corrected chi connectivity index (χ4v) is 2.22. The number of nitrogens with one attached hydrogen (secondary N) is 1. The number of anilines is 1. The second kappa shape index (κ2) is 7.32. The van der Waals surface area contributed by atoms with E-state index < -0.39 is 6.10 Å². The van der Waals surface area contributed by atoms with Crippen molar-refractivity contribution < 1.29 is 9.53 Å². The molecule has 1 N–H and O–H groups in total. The number of halogens is 1. The van der Waals surface area contributed by atoms with Crippen LogP contribution in [-0.4, -0.2) is 12.0 Å². The summed E-state index contributed by atoms with van der Waals surface area (Å²) >= 11 is 5.98. The molecular weight excluding hydrogens is 298 g/mol. The quantitative estimate of drug-likeness (QED) is 0.864. The Hall–Kier alpha value is -2.00. The number of carbonyl (C=O) groups is 1. The molecule has 2 aromatic carbocycles. The van der Waals surface area contributed by atoms with Crippen molar-refractivity contribution >= 4 is 23.2 Å². The van der Waals surface area contributed by atoms with Crippen molar-refractivity contribution in [3.63, 3.8) is 0 Å². The predicted octanol–water partition coefficient (Wildman–Crippen LogP) is 4.75. The van der Waals surface area contributed by atoms with Gasteiger partial charge in [-0.3, -0.25) is 4.79 Å². The molecule has 0 aliphatic rings. The van der Waals surface area contributed by atoms with Crippen LogP contribution in [0.4, 0.5) is 5.69 Å². The number of ether oxygens (including phenoxy) is 1. The number of benzene rings is 2. The minimum atomic E-state index is -0.541. The molecule has 2 rings (SSSR count). The molecule has 1 amide bonds. The van der Waals surface area contributed by atoms with Gasteiger partial charge in [0.15, 0.2) is 6.10 Å². The molecule has 0 unspecified atom stereocenters. The van der Waals surface area contributed by atoms with E-state index in [2.05, 4.69) is 5.32 Å². The predicted molar refractivity (Wildman–Crippen MR) is 90.7 cm³/mol. The number of rotatable bonds is 5. The van der Waals surface area contributed by atoms with Gasteiger partial charge in [0, 0.05) is 10.7 Å². The van der Waals surface area contributed by atoms with Crippen LogP contribution in [0.25, 0.3) is 0 Å². The summed E-state index contributed by atoms with van der Waals surface area (Å²) in [4.78, 5) is 12.4. The normalized spacial score (nSPS) is 11.8. The van der Waals surface area contributed by atoms with Crippen LogP contribution in [0.15, 0.2) is 42.5 Å². The smallest absolute Gasteiger partial charge is 0.265 e. The first-order chi connectivity index (χ1) is 10.5. The summed E-state index contributed by atoms with van der Waals surface area (Å²) in [6.07, 6.45) is 0.0420. The minimum Gasteiger partial charge on any atom is -0.481 e. The molecule has 0 aliphatic heterocycles. The Morgan fingerprint density at radius 1 is 1.18 bits per heavy atom. The summed E-state index contributed by atoms with van der Waals surface area (Å²) in [5.41, 5.74) is 2.82. The summed E-state index contributed by atoms with van der Waals surface area (Å²) in [5, 5.41) is 3.48. The van der Waals surface area contributed by atoms with Crippen LogP contribution in [0.2, 0.25) is 5.02 Å². The lowest BCUT2D eigenvalue weighted by Gasteiger charge is -2.18. The van der Waals surface area contributed by atoms with Crippen LogP contribution in [-0.2, 0) is 4.79 Å². The molecule has 4 heteroatoms. The Morgan fingerprint density at radius 2 is 1.86 bits per heavy atom. The summed E-state index contributed by atoms with van der Waals surface area (Å²) in [6.45, 7) is 5.85. The van der Waals surface area contributed by atoms with Crippen molar-refractivity contribution in [3.05, 3.63) is 58.6 Å². The Bertz CT molecular complexity index is 653. The number of hydrogen-bond donors (Lipinski definition) is 1. The minimum absolute atomic E-state index is 0.173. The lowest BCUT2D eigenvalue weighted by atomic mass is 10.2. The standard InChI is InChI=1S/C18H20ClNO2/c1-4-17(22-15-9-5-12(2)6-10-15)18(21)20-16-11-14(19)8-7-13(16)3/h5-11,17H,4H2,1-3H3,(H,20,21)/t17-/m1/s1. The maximum absolute atomic E-state index is 12.4. The van der Waals surface area contributed by atoms with Gasteiger partial charge >= 0.3 is 0 Å². The Kier molecular flexibility index (Phi) is 5.45. The maximum atomic E-state index is 12.4. The highest BCUT2D eigenvalue weighted by Gasteiger charge is 2.19. The largest absolute Gasteiger partial charge is 0.481 e. The van der Waals surface area contributed by atoms with Crippen molar-refractivity contribution in [2.75, 3.05) is 5.32 Å². The summed E-state index contributed by atoms with van der Waals surface area (Å²) in [7, 11) is 0. The highest BCUT2D eigenvalue weighted by molar-refractivity contribution is 6.31. The molecule has 0 radical (unpaired) electrons. The second-order valence-electron chi connectivity index (χ2n) is 5.28.